The van der Waals surface area contributed by atoms with Gasteiger partial charge in [0.15, 0.2) is 5.17 Å². The smallest absolute Gasteiger partial charge is 0.337 e. The number of amides is 1. The van der Waals surface area contributed by atoms with Crippen molar-refractivity contribution in [2.24, 2.45) is 4.99 Å². The number of hydrogen-bond acceptors (Lipinski definition) is 4. The minimum atomic E-state index is -1.07. The Morgan fingerprint density at radius 1 is 1.17 bits per heavy atom. The second-order valence-corrected chi connectivity index (χ2v) is 6.26. The number of carboxylic acid groups (broad SMARTS) is 1. The van der Waals surface area contributed by atoms with Crippen LogP contribution in [0.25, 0.3) is 6.08 Å². The molecule has 1 fully saturated rings. The number of aromatic carboxylic acids is 1. The summed E-state index contributed by atoms with van der Waals surface area (Å²) in [7, 11) is 0. The highest BCUT2D eigenvalue weighted by molar-refractivity contribution is 8.18. The van der Waals surface area contributed by atoms with Gasteiger partial charge in [0.05, 0.1) is 16.2 Å². The summed E-state index contributed by atoms with van der Waals surface area (Å²) in [5.41, 5.74) is 1.08. The highest BCUT2D eigenvalue weighted by Crippen LogP contribution is 2.30. The van der Waals surface area contributed by atoms with Crippen molar-refractivity contribution in [1.82, 2.24) is 5.32 Å². The maximum absolute atomic E-state index is 12.1. The van der Waals surface area contributed by atoms with E-state index in [4.69, 9.17) is 11.6 Å². The first-order valence-corrected chi connectivity index (χ1v) is 8.10. The van der Waals surface area contributed by atoms with Crippen molar-refractivity contribution in [2.45, 2.75) is 0 Å². The monoisotopic (exact) mass is 358 g/mol. The second kappa shape index (κ2) is 6.90. The zero-order chi connectivity index (χ0) is 17.1. The quantitative estimate of drug-likeness (QED) is 0.815. The van der Waals surface area contributed by atoms with Gasteiger partial charge in [-0.15, -0.1) is 0 Å². The molecular weight excluding hydrogens is 348 g/mol. The molecule has 120 valence electrons. The molecular formula is C17H11ClN2O3S. The Labute approximate surface area is 147 Å². The first kappa shape index (κ1) is 16.3. The average molecular weight is 359 g/mol. The van der Waals surface area contributed by atoms with Gasteiger partial charge >= 0.3 is 5.97 Å². The number of carbonyl (C=O) groups excluding carboxylic acids is 1. The molecule has 0 radical (unpaired) electrons. The van der Waals surface area contributed by atoms with Crippen LogP contribution in [-0.4, -0.2) is 22.2 Å². The number of amidine groups is 1. The third-order valence-electron chi connectivity index (χ3n) is 3.20. The number of thioether (sulfide) groups is 1. The topological polar surface area (TPSA) is 78.8 Å². The lowest BCUT2D eigenvalue weighted by Crippen LogP contribution is -2.19. The normalized spacial score (nSPS) is 17.3. The number of rotatable bonds is 3. The molecule has 1 aliphatic heterocycles. The first-order valence-electron chi connectivity index (χ1n) is 6.91. The summed E-state index contributed by atoms with van der Waals surface area (Å²) in [6.07, 6.45) is 1.67. The highest BCUT2D eigenvalue weighted by Gasteiger charge is 2.24. The van der Waals surface area contributed by atoms with E-state index in [0.29, 0.717) is 15.1 Å². The van der Waals surface area contributed by atoms with Crippen LogP contribution < -0.4 is 5.32 Å². The Bertz CT molecular complexity index is 893. The molecule has 0 bridgehead atoms. The molecule has 1 aliphatic rings. The van der Waals surface area contributed by atoms with Crippen molar-refractivity contribution in [3.8, 4) is 0 Å². The van der Waals surface area contributed by atoms with Gasteiger partial charge in [-0.25, -0.2) is 9.79 Å². The molecule has 7 heteroatoms. The van der Waals surface area contributed by atoms with Gasteiger partial charge < -0.3 is 10.4 Å². The Balaban J connectivity index is 1.91. The van der Waals surface area contributed by atoms with E-state index >= 15 is 0 Å². The Morgan fingerprint density at radius 2 is 1.88 bits per heavy atom. The SMILES string of the molecule is O=C1NC(=Nc2ccccc2C(=O)O)SC1=Cc1ccccc1Cl. The van der Waals surface area contributed by atoms with Crippen LogP contribution in [-0.2, 0) is 4.79 Å². The molecule has 2 aromatic carbocycles. The third-order valence-corrected chi connectivity index (χ3v) is 4.45. The highest BCUT2D eigenvalue weighted by atomic mass is 35.5. The number of carbonyl (C=O) groups is 2. The molecule has 0 spiro atoms. The summed E-state index contributed by atoms with van der Waals surface area (Å²) in [5.74, 6) is -1.37. The molecule has 0 unspecified atom stereocenters. The van der Waals surface area contributed by atoms with E-state index in [-0.39, 0.29) is 17.2 Å². The van der Waals surface area contributed by atoms with Gasteiger partial charge in [-0.3, -0.25) is 4.79 Å². The summed E-state index contributed by atoms with van der Waals surface area (Å²) < 4.78 is 0. The lowest BCUT2D eigenvalue weighted by atomic mass is 10.2. The van der Waals surface area contributed by atoms with Crippen molar-refractivity contribution < 1.29 is 14.7 Å². The molecule has 1 saturated heterocycles. The van der Waals surface area contributed by atoms with Crippen molar-refractivity contribution in [3.63, 3.8) is 0 Å². The molecule has 1 amide bonds. The number of hydrogen-bond donors (Lipinski definition) is 2. The van der Waals surface area contributed by atoms with Crippen molar-refractivity contribution >= 4 is 52.2 Å². The predicted molar refractivity (Wildman–Crippen MR) is 95.7 cm³/mol. The number of carboxylic acids is 1. The number of benzene rings is 2. The van der Waals surface area contributed by atoms with Crippen LogP contribution in [0.2, 0.25) is 5.02 Å². The minimum absolute atomic E-state index is 0.0726. The lowest BCUT2D eigenvalue weighted by Gasteiger charge is -2.01. The third kappa shape index (κ3) is 3.50. The van der Waals surface area contributed by atoms with E-state index < -0.39 is 5.97 Å². The average Bonchev–Trinajstić information content (AvgIpc) is 2.89. The fourth-order valence-electron chi connectivity index (χ4n) is 2.08. The van der Waals surface area contributed by atoms with Crippen LogP contribution >= 0.6 is 23.4 Å². The van der Waals surface area contributed by atoms with Crippen LogP contribution in [0.1, 0.15) is 15.9 Å². The molecule has 1 heterocycles. The Hall–Kier alpha value is -2.57. The molecule has 0 saturated carbocycles. The van der Waals surface area contributed by atoms with Crippen LogP contribution in [0.15, 0.2) is 58.4 Å². The van der Waals surface area contributed by atoms with Crippen LogP contribution in [0.5, 0.6) is 0 Å². The van der Waals surface area contributed by atoms with E-state index in [0.717, 1.165) is 17.3 Å². The molecule has 0 aliphatic carbocycles. The molecule has 2 N–H and O–H groups in total. The largest absolute Gasteiger partial charge is 0.478 e. The second-order valence-electron chi connectivity index (χ2n) is 4.83. The lowest BCUT2D eigenvalue weighted by molar-refractivity contribution is -0.115. The van der Waals surface area contributed by atoms with Crippen molar-refractivity contribution in [1.29, 1.82) is 0 Å². The van der Waals surface area contributed by atoms with E-state index in [1.165, 1.54) is 6.07 Å². The molecule has 24 heavy (non-hydrogen) atoms. The fourth-order valence-corrected chi connectivity index (χ4v) is 3.09. The molecule has 3 rings (SSSR count). The van der Waals surface area contributed by atoms with Gasteiger partial charge in [-0.1, -0.05) is 41.9 Å². The van der Waals surface area contributed by atoms with Crippen LogP contribution in [0.3, 0.4) is 0 Å². The zero-order valence-corrected chi connectivity index (χ0v) is 13.8. The van der Waals surface area contributed by atoms with Gasteiger partial charge in [-0.2, -0.15) is 0 Å². The van der Waals surface area contributed by atoms with E-state index in [1.54, 1.807) is 36.4 Å². The van der Waals surface area contributed by atoms with Gasteiger partial charge in [0, 0.05) is 5.02 Å². The zero-order valence-electron chi connectivity index (χ0n) is 12.2. The molecule has 0 aromatic heterocycles. The molecule has 5 nitrogen and oxygen atoms in total. The first-order chi connectivity index (χ1) is 11.5. The van der Waals surface area contributed by atoms with Crippen molar-refractivity contribution in [3.05, 3.63) is 69.6 Å². The molecule has 2 aromatic rings. The summed E-state index contributed by atoms with van der Waals surface area (Å²) in [5, 5.41) is 12.7. The van der Waals surface area contributed by atoms with Gasteiger partial charge in [-0.05, 0) is 41.6 Å². The van der Waals surface area contributed by atoms with Gasteiger partial charge in [0.1, 0.15) is 0 Å². The number of halogens is 1. The molecule has 0 atom stereocenters. The minimum Gasteiger partial charge on any atom is -0.478 e. The number of aliphatic imine (C=N–C) groups is 1. The Morgan fingerprint density at radius 3 is 2.62 bits per heavy atom. The maximum Gasteiger partial charge on any atom is 0.337 e. The predicted octanol–water partition coefficient (Wildman–Crippen LogP) is 3.93. The van der Waals surface area contributed by atoms with Gasteiger partial charge in [0.25, 0.3) is 5.91 Å². The van der Waals surface area contributed by atoms with Crippen molar-refractivity contribution in [2.75, 3.05) is 0 Å². The van der Waals surface area contributed by atoms with E-state index in [9.17, 15) is 14.7 Å². The summed E-state index contributed by atoms with van der Waals surface area (Å²) in [4.78, 5) is 28.0. The van der Waals surface area contributed by atoms with E-state index in [2.05, 4.69) is 10.3 Å². The fraction of sp³-hybridized carbons (Fsp3) is 0. The maximum atomic E-state index is 12.1. The Kier molecular flexibility index (Phi) is 4.69. The van der Waals surface area contributed by atoms with Gasteiger partial charge in [0.2, 0.25) is 0 Å². The van der Waals surface area contributed by atoms with Crippen LogP contribution in [0, 0.1) is 0 Å². The summed E-state index contributed by atoms with van der Waals surface area (Å²) in [6, 6.07) is 13.5. The van der Waals surface area contributed by atoms with Crippen LogP contribution in [0.4, 0.5) is 5.69 Å². The number of nitrogens with one attached hydrogen (secondary N) is 1. The standard InChI is InChI=1S/C17H11ClN2O3S/c18-12-7-3-1-5-10(12)9-14-15(21)20-17(24-14)19-13-8-4-2-6-11(13)16(22)23/h1-9H,(H,22,23)(H,19,20,21). The number of para-hydroxylation sites is 1. The summed E-state index contributed by atoms with van der Waals surface area (Å²) >= 11 is 7.23. The summed E-state index contributed by atoms with van der Waals surface area (Å²) in [6.45, 7) is 0. The van der Waals surface area contributed by atoms with E-state index in [1.807, 2.05) is 12.1 Å². The number of nitrogens with zero attached hydrogens (tertiary/aromatic N) is 1.